The molecule has 3 aromatic rings. The molecular formula is C25H19FN2O4S. The molecule has 3 aromatic carbocycles. The lowest BCUT2D eigenvalue weighted by Gasteiger charge is -2.10. The van der Waals surface area contributed by atoms with Crippen molar-refractivity contribution < 1.29 is 23.8 Å². The lowest BCUT2D eigenvalue weighted by atomic mass is 10.1. The Morgan fingerprint density at radius 3 is 2.61 bits per heavy atom. The number of amides is 1. The minimum absolute atomic E-state index is 0.165. The molecule has 1 aliphatic heterocycles. The zero-order valence-electron chi connectivity index (χ0n) is 17.6. The normalized spacial score (nSPS) is 15.9. The smallest absolute Gasteiger partial charge is 0.335 e. The van der Waals surface area contributed by atoms with E-state index in [4.69, 9.17) is 9.84 Å². The van der Waals surface area contributed by atoms with Crippen LogP contribution in [0.15, 0.2) is 82.7 Å². The third-order valence-electron chi connectivity index (χ3n) is 4.83. The van der Waals surface area contributed by atoms with Crippen molar-refractivity contribution in [2.24, 2.45) is 4.99 Å². The lowest BCUT2D eigenvalue weighted by Crippen LogP contribution is -2.23. The summed E-state index contributed by atoms with van der Waals surface area (Å²) in [6.45, 7) is 0.192. The number of likely N-dealkylation sites (N-methyl/N-ethyl adjacent to an activating group) is 1. The maximum Gasteiger partial charge on any atom is 0.335 e. The number of aromatic carboxylic acids is 1. The fourth-order valence-electron chi connectivity index (χ4n) is 3.10. The monoisotopic (exact) mass is 462 g/mol. The van der Waals surface area contributed by atoms with Crippen molar-refractivity contribution in [1.82, 2.24) is 4.90 Å². The van der Waals surface area contributed by atoms with Crippen LogP contribution in [0.5, 0.6) is 5.75 Å². The van der Waals surface area contributed by atoms with Crippen LogP contribution in [0.3, 0.4) is 0 Å². The average Bonchev–Trinajstić information content (AvgIpc) is 3.06. The van der Waals surface area contributed by atoms with E-state index in [0.29, 0.717) is 32.6 Å². The fraction of sp³-hybridized carbons (Fsp3) is 0.0800. The van der Waals surface area contributed by atoms with E-state index in [1.54, 1.807) is 43.5 Å². The predicted octanol–water partition coefficient (Wildman–Crippen LogP) is 5.34. The van der Waals surface area contributed by atoms with Gasteiger partial charge in [0, 0.05) is 12.6 Å². The van der Waals surface area contributed by atoms with Crippen LogP contribution in [-0.4, -0.2) is 34.1 Å². The van der Waals surface area contributed by atoms with E-state index in [1.807, 2.05) is 18.2 Å². The molecule has 1 aliphatic rings. The molecule has 0 atom stereocenters. The SMILES string of the molecule is CN1C(=O)/C(=C\c2ccccc2OCc2cccc(F)c2)SC1=Nc1ccc(C(=O)O)cc1. The van der Waals surface area contributed by atoms with Crippen molar-refractivity contribution in [3.8, 4) is 5.75 Å². The predicted molar refractivity (Wildman–Crippen MR) is 126 cm³/mol. The number of thioether (sulfide) groups is 1. The molecule has 1 amide bonds. The molecule has 0 unspecified atom stereocenters. The molecule has 0 radical (unpaired) electrons. The minimum atomic E-state index is -1.01. The zero-order valence-corrected chi connectivity index (χ0v) is 18.4. The van der Waals surface area contributed by atoms with Gasteiger partial charge in [-0.1, -0.05) is 30.3 Å². The van der Waals surface area contributed by atoms with Gasteiger partial charge in [-0.05, 0) is 65.9 Å². The second-order valence-corrected chi connectivity index (χ2v) is 8.19. The highest BCUT2D eigenvalue weighted by atomic mass is 32.2. The molecule has 4 rings (SSSR count). The highest BCUT2D eigenvalue weighted by Gasteiger charge is 2.30. The summed E-state index contributed by atoms with van der Waals surface area (Å²) in [5, 5.41) is 9.50. The summed E-state index contributed by atoms with van der Waals surface area (Å²) in [5.74, 6) is -0.979. The highest BCUT2D eigenvalue weighted by Crippen LogP contribution is 2.34. The summed E-state index contributed by atoms with van der Waals surface area (Å²) in [6.07, 6.45) is 1.74. The summed E-state index contributed by atoms with van der Waals surface area (Å²) in [6, 6.07) is 19.6. The molecular weight excluding hydrogens is 443 g/mol. The van der Waals surface area contributed by atoms with Crippen LogP contribution in [0, 0.1) is 5.82 Å². The molecule has 166 valence electrons. The molecule has 0 aliphatic carbocycles. The number of hydrogen-bond donors (Lipinski definition) is 1. The lowest BCUT2D eigenvalue weighted by molar-refractivity contribution is -0.121. The van der Waals surface area contributed by atoms with Gasteiger partial charge in [0.05, 0.1) is 16.2 Å². The maximum absolute atomic E-state index is 13.4. The average molecular weight is 463 g/mol. The van der Waals surface area contributed by atoms with Gasteiger partial charge in [0.1, 0.15) is 18.2 Å². The number of aliphatic imine (C=N–C) groups is 1. The largest absolute Gasteiger partial charge is 0.488 e. The van der Waals surface area contributed by atoms with E-state index >= 15 is 0 Å². The second-order valence-electron chi connectivity index (χ2n) is 7.18. The number of carboxylic acid groups (broad SMARTS) is 1. The van der Waals surface area contributed by atoms with Crippen LogP contribution >= 0.6 is 11.8 Å². The number of ether oxygens (including phenoxy) is 1. The first-order valence-electron chi connectivity index (χ1n) is 9.96. The first-order chi connectivity index (χ1) is 15.9. The number of para-hydroxylation sites is 1. The minimum Gasteiger partial charge on any atom is -0.488 e. The van der Waals surface area contributed by atoms with Gasteiger partial charge in [-0.25, -0.2) is 14.2 Å². The fourth-order valence-corrected chi connectivity index (χ4v) is 4.08. The third-order valence-corrected chi connectivity index (χ3v) is 5.89. The molecule has 33 heavy (non-hydrogen) atoms. The summed E-state index contributed by atoms with van der Waals surface area (Å²) in [7, 11) is 1.63. The standard InChI is InChI=1S/C25H19FN2O4S/c1-28-23(29)22(33-25(28)27-20-11-9-17(10-12-20)24(30)31)14-18-6-2-3-8-21(18)32-15-16-5-4-7-19(26)13-16/h2-14H,15H2,1H3,(H,30,31)/b22-14+,27-25?. The number of carbonyl (C=O) groups excluding carboxylic acids is 1. The van der Waals surface area contributed by atoms with E-state index in [0.717, 1.165) is 0 Å². The summed E-state index contributed by atoms with van der Waals surface area (Å²) in [4.78, 5) is 30.2. The Morgan fingerprint density at radius 2 is 1.88 bits per heavy atom. The number of hydrogen-bond acceptors (Lipinski definition) is 5. The van der Waals surface area contributed by atoms with E-state index in [-0.39, 0.29) is 23.9 Å². The quantitative estimate of drug-likeness (QED) is 0.501. The van der Waals surface area contributed by atoms with Gasteiger partial charge in [-0.15, -0.1) is 0 Å². The van der Waals surface area contributed by atoms with E-state index in [9.17, 15) is 14.0 Å². The van der Waals surface area contributed by atoms with Gasteiger partial charge in [-0.3, -0.25) is 9.69 Å². The summed E-state index contributed by atoms with van der Waals surface area (Å²) >= 11 is 1.22. The Hall–Kier alpha value is -3.91. The van der Waals surface area contributed by atoms with Crippen LogP contribution in [-0.2, 0) is 11.4 Å². The topological polar surface area (TPSA) is 79.2 Å². The van der Waals surface area contributed by atoms with Crippen molar-refractivity contribution in [3.05, 3.63) is 100 Å². The van der Waals surface area contributed by atoms with Gasteiger partial charge in [0.15, 0.2) is 5.17 Å². The molecule has 1 saturated heterocycles. The number of benzene rings is 3. The molecule has 1 N–H and O–H groups in total. The molecule has 1 heterocycles. The maximum atomic E-state index is 13.4. The number of rotatable bonds is 6. The van der Waals surface area contributed by atoms with E-state index in [2.05, 4.69) is 4.99 Å². The van der Waals surface area contributed by atoms with Crippen molar-refractivity contribution in [1.29, 1.82) is 0 Å². The number of amidine groups is 1. The van der Waals surface area contributed by atoms with Gasteiger partial charge in [-0.2, -0.15) is 0 Å². The van der Waals surface area contributed by atoms with Gasteiger partial charge < -0.3 is 9.84 Å². The molecule has 8 heteroatoms. The van der Waals surface area contributed by atoms with Crippen LogP contribution in [0.25, 0.3) is 6.08 Å². The van der Waals surface area contributed by atoms with E-state index in [1.165, 1.54) is 40.9 Å². The van der Waals surface area contributed by atoms with Gasteiger partial charge in [0.2, 0.25) is 0 Å². The molecule has 0 bridgehead atoms. The zero-order chi connectivity index (χ0) is 23.4. The molecule has 0 saturated carbocycles. The molecule has 6 nitrogen and oxygen atoms in total. The number of carbonyl (C=O) groups is 2. The first-order valence-corrected chi connectivity index (χ1v) is 10.8. The van der Waals surface area contributed by atoms with Gasteiger partial charge in [0.25, 0.3) is 5.91 Å². The van der Waals surface area contributed by atoms with Crippen molar-refractivity contribution in [2.45, 2.75) is 6.61 Å². The summed E-state index contributed by atoms with van der Waals surface area (Å²) < 4.78 is 19.3. The Labute approximate surface area is 194 Å². The Morgan fingerprint density at radius 1 is 1.12 bits per heavy atom. The van der Waals surface area contributed by atoms with Crippen LogP contribution in [0.2, 0.25) is 0 Å². The Bertz CT molecular complexity index is 1270. The Kier molecular flexibility index (Phi) is 6.55. The van der Waals surface area contributed by atoms with Crippen molar-refractivity contribution in [3.63, 3.8) is 0 Å². The van der Waals surface area contributed by atoms with Gasteiger partial charge >= 0.3 is 5.97 Å². The van der Waals surface area contributed by atoms with Crippen LogP contribution in [0.1, 0.15) is 21.5 Å². The molecule has 0 aromatic heterocycles. The molecule has 0 spiro atoms. The third kappa shape index (κ3) is 5.30. The number of carboxylic acids is 1. The highest BCUT2D eigenvalue weighted by molar-refractivity contribution is 8.18. The number of halogens is 1. The van der Waals surface area contributed by atoms with Crippen LogP contribution in [0.4, 0.5) is 10.1 Å². The van der Waals surface area contributed by atoms with Crippen molar-refractivity contribution >= 4 is 40.6 Å². The molecule has 1 fully saturated rings. The Balaban J connectivity index is 1.54. The van der Waals surface area contributed by atoms with Crippen molar-refractivity contribution in [2.75, 3.05) is 7.05 Å². The van der Waals surface area contributed by atoms with Crippen LogP contribution < -0.4 is 4.74 Å². The first kappa shape index (κ1) is 22.3. The number of nitrogens with zero attached hydrogens (tertiary/aromatic N) is 2. The second kappa shape index (κ2) is 9.70. The van der Waals surface area contributed by atoms with E-state index < -0.39 is 5.97 Å². The summed E-state index contributed by atoms with van der Waals surface area (Å²) in [5.41, 5.74) is 2.12.